The largest absolute Gasteiger partial charge is 0.378 e. The monoisotopic (exact) mass is 416 g/mol. The van der Waals surface area contributed by atoms with Crippen LogP contribution in [0.25, 0.3) is 16.6 Å². The normalized spacial score (nSPS) is 15.0. The van der Waals surface area contributed by atoms with Crippen molar-refractivity contribution in [3.05, 3.63) is 82.8 Å². The van der Waals surface area contributed by atoms with Gasteiger partial charge in [0.1, 0.15) is 11.6 Å². The van der Waals surface area contributed by atoms with Crippen molar-refractivity contribution in [3.8, 4) is 5.69 Å². The van der Waals surface area contributed by atoms with E-state index in [1.807, 2.05) is 55.5 Å². The third kappa shape index (κ3) is 4.54. The quantitative estimate of drug-likeness (QED) is 0.600. The Morgan fingerprint density at radius 2 is 1.97 bits per heavy atom. The predicted molar refractivity (Wildman–Crippen MR) is 127 cm³/mol. The number of anilines is 2. The number of para-hydroxylation sites is 1. The Hall–Kier alpha value is -3.38. The first-order valence-corrected chi connectivity index (χ1v) is 10.7. The molecule has 160 valence electrons. The summed E-state index contributed by atoms with van der Waals surface area (Å²) in [5, 5.41) is 4.06. The van der Waals surface area contributed by atoms with Crippen molar-refractivity contribution in [2.45, 2.75) is 20.3 Å². The summed E-state index contributed by atoms with van der Waals surface area (Å²) in [5.41, 5.74) is 2.71. The zero-order valence-electron chi connectivity index (χ0n) is 18.0. The van der Waals surface area contributed by atoms with Crippen molar-refractivity contribution in [2.24, 2.45) is 0 Å². The second-order valence-electron chi connectivity index (χ2n) is 7.42. The molecule has 4 rings (SSSR count). The van der Waals surface area contributed by atoms with Crippen LogP contribution < -0.4 is 15.6 Å². The zero-order valence-corrected chi connectivity index (χ0v) is 18.0. The number of aromatic nitrogens is 2. The molecule has 0 saturated carbocycles. The number of morpholine rings is 1. The Morgan fingerprint density at radius 1 is 1.19 bits per heavy atom. The summed E-state index contributed by atoms with van der Waals surface area (Å²) in [6, 6.07) is 13.7. The molecule has 1 fully saturated rings. The van der Waals surface area contributed by atoms with Crippen molar-refractivity contribution in [1.29, 1.82) is 0 Å². The highest BCUT2D eigenvalue weighted by Crippen LogP contribution is 2.26. The van der Waals surface area contributed by atoms with Gasteiger partial charge in [-0.05, 0) is 31.6 Å². The van der Waals surface area contributed by atoms with E-state index in [0.29, 0.717) is 18.6 Å². The fourth-order valence-corrected chi connectivity index (χ4v) is 3.83. The Morgan fingerprint density at radius 3 is 2.68 bits per heavy atom. The van der Waals surface area contributed by atoms with E-state index < -0.39 is 0 Å². The molecule has 1 saturated heterocycles. The van der Waals surface area contributed by atoms with E-state index in [4.69, 9.17) is 4.74 Å². The van der Waals surface area contributed by atoms with Gasteiger partial charge in [0.15, 0.2) is 5.43 Å². The molecule has 0 amide bonds. The number of nitrogens with zero attached hydrogens (tertiary/aromatic N) is 3. The first kappa shape index (κ1) is 20.9. The van der Waals surface area contributed by atoms with Crippen LogP contribution in [0.5, 0.6) is 0 Å². The van der Waals surface area contributed by atoms with Crippen LogP contribution in [0, 0.1) is 0 Å². The zero-order chi connectivity index (χ0) is 21.6. The number of hydrogen-bond acceptors (Lipinski definition) is 5. The topological polar surface area (TPSA) is 59.4 Å². The minimum Gasteiger partial charge on any atom is -0.378 e. The molecular formula is C25H28N4O2. The summed E-state index contributed by atoms with van der Waals surface area (Å²) in [7, 11) is 0. The lowest BCUT2D eigenvalue weighted by Crippen LogP contribution is -2.36. The van der Waals surface area contributed by atoms with Gasteiger partial charge >= 0.3 is 0 Å². The minimum absolute atomic E-state index is 0.0537. The van der Waals surface area contributed by atoms with Crippen LogP contribution in [0.3, 0.4) is 0 Å². The van der Waals surface area contributed by atoms with Crippen LogP contribution in [0.1, 0.15) is 20.3 Å². The number of allylic oxidation sites excluding steroid dienone is 3. The van der Waals surface area contributed by atoms with Gasteiger partial charge in [-0.2, -0.15) is 0 Å². The number of nitrogens with one attached hydrogen (secondary N) is 1. The second kappa shape index (κ2) is 9.62. The van der Waals surface area contributed by atoms with Gasteiger partial charge in [0.25, 0.3) is 0 Å². The Bertz CT molecular complexity index is 1160. The van der Waals surface area contributed by atoms with Gasteiger partial charge in [0.2, 0.25) is 0 Å². The third-order valence-electron chi connectivity index (χ3n) is 5.27. The number of fused-ring (bicyclic) bond motifs is 1. The van der Waals surface area contributed by atoms with E-state index in [0.717, 1.165) is 48.0 Å². The van der Waals surface area contributed by atoms with E-state index in [2.05, 4.69) is 32.8 Å². The summed E-state index contributed by atoms with van der Waals surface area (Å²) in [5.74, 6) is 1.58. The maximum atomic E-state index is 13.0. The number of rotatable bonds is 6. The Kier molecular flexibility index (Phi) is 6.48. The van der Waals surface area contributed by atoms with Gasteiger partial charge in [0, 0.05) is 42.8 Å². The molecule has 2 aromatic heterocycles. The van der Waals surface area contributed by atoms with Crippen molar-refractivity contribution in [1.82, 2.24) is 9.55 Å². The number of ether oxygens (including phenoxy) is 1. The standard InChI is InChI=1S/C25H28N4O2/c1-3-8-19(9-4-2)27-25-17-23(30)21-18-26-24(28-12-14-31-15-13-28)16-22(21)29(25)20-10-6-5-7-11-20/h3,5-11,16-18,27H,4,12-15H2,1-2H3/b8-3-,19-9+. The molecule has 0 unspecified atom stereocenters. The highest BCUT2D eigenvalue weighted by Gasteiger charge is 2.17. The van der Waals surface area contributed by atoms with E-state index in [9.17, 15) is 4.79 Å². The molecule has 3 aromatic rings. The van der Waals surface area contributed by atoms with Crippen molar-refractivity contribution in [2.75, 3.05) is 36.5 Å². The van der Waals surface area contributed by atoms with Crippen LogP contribution in [0.15, 0.2) is 77.4 Å². The van der Waals surface area contributed by atoms with E-state index in [-0.39, 0.29) is 5.43 Å². The molecule has 0 bridgehead atoms. The van der Waals surface area contributed by atoms with E-state index >= 15 is 0 Å². The summed E-state index contributed by atoms with van der Waals surface area (Å²) in [6.45, 7) is 7.02. The smallest absolute Gasteiger partial charge is 0.193 e. The van der Waals surface area contributed by atoms with Gasteiger partial charge < -0.3 is 15.0 Å². The molecule has 6 nitrogen and oxygen atoms in total. The molecule has 31 heavy (non-hydrogen) atoms. The number of hydrogen-bond donors (Lipinski definition) is 1. The van der Waals surface area contributed by atoms with Crippen LogP contribution in [-0.4, -0.2) is 35.9 Å². The molecule has 0 spiro atoms. The molecule has 0 aliphatic carbocycles. The maximum Gasteiger partial charge on any atom is 0.193 e. The summed E-state index contributed by atoms with van der Waals surface area (Å²) >= 11 is 0. The molecule has 1 aliphatic heterocycles. The van der Waals surface area contributed by atoms with Gasteiger partial charge in [0.05, 0.1) is 24.1 Å². The summed E-state index contributed by atoms with van der Waals surface area (Å²) in [4.78, 5) is 19.8. The molecular weight excluding hydrogens is 388 g/mol. The molecule has 1 aliphatic rings. The summed E-state index contributed by atoms with van der Waals surface area (Å²) in [6.07, 6.45) is 8.69. The molecule has 1 aromatic carbocycles. The van der Waals surface area contributed by atoms with Crippen molar-refractivity contribution in [3.63, 3.8) is 0 Å². The SMILES string of the molecule is C/C=C\C(=C/CC)Nc1cc(=O)c2cnc(N3CCOCC3)cc2n1-c1ccccc1. The highest BCUT2D eigenvalue weighted by atomic mass is 16.5. The molecule has 1 N–H and O–H groups in total. The van der Waals surface area contributed by atoms with Crippen LogP contribution in [0.2, 0.25) is 0 Å². The first-order chi connectivity index (χ1) is 15.2. The lowest BCUT2D eigenvalue weighted by Gasteiger charge is -2.28. The average Bonchev–Trinajstić information content (AvgIpc) is 2.80. The molecule has 3 heterocycles. The number of benzene rings is 1. The summed E-state index contributed by atoms with van der Waals surface area (Å²) < 4.78 is 7.57. The number of pyridine rings is 2. The minimum atomic E-state index is -0.0537. The van der Waals surface area contributed by atoms with Crippen molar-refractivity contribution >= 4 is 22.5 Å². The molecule has 6 heteroatoms. The molecule has 0 atom stereocenters. The highest BCUT2D eigenvalue weighted by molar-refractivity contribution is 5.85. The van der Waals surface area contributed by atoms with E-state index in [1.165, 1.54) is 0 Å². The van der Waals surface area contributed by atoms with Gasteiger partial charge in [-0.1, -0.05) is 37.3 Å². The van der Waals surface area contributed by atoms with Crippen LogP contribution in [0.4, 0.5) is 11.6 Å². The maximum absolute atomic E-state index is 13.0. The second-order valence-corrected chi connectivity index (χ2v) is 7.42. The fraction of sp³-hybridized carbons (Fsp3) is 0.280. The fourth-order valence-electron chi connectivity index (χ4n) is 3.83. The van der Waals surface area contributed by atoms with Crippen LogP contribution >= 0.6 is 0 Å². The first-order valence-electron chi connectivity index (χ1n) is 10.7. The van der Waals surface area contributed by atoms with Gasteiger partial charge in [-0.15, -0.1) is 0 Å². The lowest BCUT2D eigenvalue weighted by atomic mass is 10.2. The van der Waals surface area contributed by atoms with Gasteiger partial charge in [-0.25, -0.2) is 4.98 Å². The van der Waals surface area contributed by atoms with E-state index in [1.54, 1.807) is 12.3 Å². The Balaban J connectivity index is 1.93. The van der Waals surface area contributed by atoms with Crippen molar-refractivity contribution < 1.29 is 4.74 Å². The van der Waals surface area contributed by atoms with Crippen LogP contribution in [-0.2, 0) is 4.74 Å². The lowest BCUT2D eigenvalue weighted by molar-refractivity contribution is 0.122. The Labute approximate surface area is 182 Å². The van der Waals surface area contributed by atoms with Gasteiger partial charge in [-0.3, -0.25) is 9.36 Å². The predicted octanol–water partition coefficient (Wildman–Crippen LogP) is 4.50. The average molecular weight is 417 g/mol. The molecule has 0 radical (unpaired) electrons. The third-order valence-corrected chi connectivity index (χ3v) is 5.27.